The van der Waals surface area contributed by atoms with Crippen molar-refractivity contribution in [1.82, 2.24) is 10.2 Å². The maximum atomic E-state index is 12.7. The molecule has 1 saturated heterocycles. The number of amides is 2. The van der Waals surface area contributed by atoms with Crippen molar-refractivity contribution in [2.45, 2.75) is 65.1 Å². The van der Waals surface area contributed by atoms with Crippen LogP contribution in [0.2, 0.25) is 0 Å². The molecule has 19 heavy (non-hydrogen) atoms. The van der Waals surface area contributed by atoms with Gasteiger partial charge >= 0.3 is 6.09 Å². The first-order chi connectivity index (χ1) is 8.70. The molecule has 0 spiro atoms. The molecule has 1 aliphatic heterocycles. The largest absolute Gasteiger partial charge is 0.453 e. The van der Waals surface area contributed by atoms with Crippen molar-refractivity contribution < 1.29 is 14.3 Å². The molecule has 0 aromatic heterocycles. The average molecular weight is 270 g/mol. The van der Waals surface area contributed by atoms with Gasteiger partial charge in [-0.2, -0.15) is 0 Å². The van der Waals surface area contributed by atoms with Gasteiger partial charge in [-0.3, -0.25) is 4.79 Å². The van der Waals surface area contributed by atoms with Crippen LogP contribution in [0, 0.1) is 5.92 Å². The molecule has 5 nitrogen and oxygen atoms in total. The molecule has 0 aromatic carbocycles. The van der Waals surface area contributed by atoms with Gasteiger partial charge in [0.15, 0.2) is 0 Å². The highest BCUT2D eigenvalue weighted by Gasteiger charge is 2.43. The fourth-order valence-corrected chi connectivity index (χ4v) is 2.77. The van der Waals surface area contributed by atoms with E-state index in [-0.39, 0.29) is 23.4 Å². The SMILES string of the molecule is COC(=O)N[C@H](C(=O)N1[C@H](C)CCC1(C)C)C(C)C. The third-order valence-corrected chi connectivity index (χ3v) is 3.90. The highest BCUT2D eigenvalue weighted by atomic mass is 16.5. The number of rotatable bonds is 3. The number of ether oxygens (including phenoxy) is 1. The Morgan fingerprint density at radius 2 is 1.95 bits per heavy atom. The summed E-state index contributed by atoms with van der Waals surface area (Å²) in [4.78, 5) is 26.0. The molecular weight excluding hydrogens is 244 g/mol. The van der Waals surface area contributed by atoms with Gasteiger partial charge in [-0.05, 0) is 39.5 Å². The van der Waals surface area contributed by atoms with E-state index in [1.54, 1.807) is 0 Å². The zero-order valence-corrected chi connectivity index (χ0v) is 12.8. The van der Waals surface area contributed by atoms with E-state index >= 15 is 0 Å². The Hall–Kier alpha value is -1.26. The fraction of sp³-hybridized carbons (Fsp3) is 0.857. The third kappa shape index (κ3) is 3.39. The topological polar surface area (TPSA) is 58.6 Å². The summed E-state index contributed by atoms with van der Waals surface area (Å²) in [5.74, 6) is 0.00519. The molecule has 1 rings (SSSR count). The molecule has 0 aliphatic carbocycles. The van der Waals surface area contributed by atoms with E-state index in [0.717, 1.165) is 12.8 Å². The zero-order valence-electron chi connectivity index (χ0n) is 12.8. The van der Waals surface area contributed by atoms with Crippen molar-refractivity contribution in [2.75, 3.05) is 7.11 Å². The molecule has 1 N–H and O–H groups in total. The van der Waals surface area contributed by atoms with Gasteiger partial charge in [0.2, 0.25) is 5.91 Å². The summed E-state index contributed by atoms with van der Waals surface area (Å²) < 4.78 is 4.60. The Labute approximate surface area is 115 Å². The number of carbonyl (C=O) groups excluding carboxylic acids is 2. The van der Waals surface area contributed by atoms with E-state index < -0.39 is 12.1 Å². The molecule has 0 radical (unpaired) electrons. The number of likely N-dealkylation sites (tertiary alicyclic amines) is 1. The lowest BCUT2D eigenvalue weighted by atomic mass is 9.98. The molecule has 1 aliphatic rings. The number of methoxy groups -OCH3 is 1. The van der Waals surface area contributed by atoms with Crippen molar-refractivity contribution >= 4 is 12.0 Å². The predicted molar refractivity (Wildman–Crippen MR) is 73.8 cm³/mol. The molecule has 2 atom stereocenters. The number of nitrogens with zero attached hydrogens (tertiary/aromatic N) is 1. The maximum absolute atomic E-state index is 12.7. The molecule has 0 saturated carbocycles. The van der Waals surface area contributed by atoms with Crippen molar-refractivity contribution in [3.05, 3.63) is 0 Å². The standard InChI is InChI=1S/C14H26N2O3/c1-9(2)11(15-13(18)19-6)12(17)16-10(3)7-8-14(16,4)5/h9-11H,7-8H2,1-6H3,(H,15,18)/t10-,11+/m1/s1. The first-order valence-corrected chi connectivity index (χ1v) is 6.88. The average Bonchev–Trinajstić information content (AvgIpc) is 2.58. The Kier molecular flexibility index (Phi) is 4.82. The summed E-state index contributed by atoms with van der Waals surface area (Å²) >= 11 is 0. The smallest absolute Gasteiger partial charge is 0.407 e. The minimum Gasteiger partial charge on any atom is -0.453 e. The molecule has 1 fully saturated rings. The number of hydrogen-bond donors (Lipinski definition) is 1. The van der Waals surface area contributed by atoms with E-state index in [1.807, 2.05) is 18.7 Å². The van der Waals surface area contributed by atoms with E-state index in [2.05, 4.69) is 30.8 Å². The van der Waals surface area contributed by atoms with Crippen LogP contribution < -0.4 is 5.32 Å². The highest BCUT2D eigenvalue weighted by Crippen LogP contribution is 2.34. The fourth-order valence-electron chi connectivity index (χ4n) is 2.77. The Bertz CT molecular complexity index is 353. The molecule has 1 heterocycles. The van der Waals surface area contributed by atoms with Crippen LogP contribution in [0.4, 0.5) is 4.79 Å². The van der Waals surface area contributed by atoms with Crippen LogP contribution in [0.25, 0.3) is 0 Å². The molecule has 2 amide bonds. The van der Waals surface area contributed by atoms with Crippen molar-refractivity contribution in [3.8, 4) is 0 Å². The first kappa shape index (κ1) is 15.8. The van der Waals surface area contributed by atoms with Gasteiger partial charge in [0.25, 0.3) is 0 Å². The Balaban J connectivity index is 2.90. The van der Waals surface area contributed by atoms with Crippen molar-refractivity contribution in [1.29, 1.82) is 0 Å². The molecule has 5 heteroatoms. The van der Waals surface area contributed by atoms with Gasteiger partial charge < -0.3 is 15.0 Å². The Morgan fingerprint density at radius 1 is 1.37 bits per heavy atom. The number of hydrogen-bond acceptors (Lipinski definition) is 3. The predicted octanol–water partition coefficient (Wildman–Crippen LogP) is 2.16. The van der Waals surface area contributed by atoms with Crippen LogP contribution in [0.5, 0.6) is 0 Å². The second-order valence-electron chi connectivity index (χ2n) is 6.27. The van der Waals surface area contributed by atoms with Crippen LogP contribution in [0.3, 0.4) is 0 Å². The van der Waals surface area contributed by atoms with Gasteiger partial charge in [0, 0.05) is 11.6 Å². The van der Waals surface area contributed by atoms with E-state index in [0.29, 0.717) is 0 Å². The van der Waals surface area contributed by atoms with Crippen LogP contribution in [0.1, 0.15) is 47.5 Å². The maximum Gasteiger partial charge on any atom is 0.407 e. The number of nitrogens with one attached hydrogen (secondary N) is 1. The summed E-state index contributed by atoms with van der Waals surface area (Å²) in [7, 11) is 1.31. The first-order valence-electron chi connectivity index (χ1n) is 6.88. The Morgan fingerprint density at radius 3 is 2.32 bits per heavy atom. The van der Waals surface area contributed by atoms with Gasteiger partial charge in [-0.25, -0.2) is 4.79 Å². The number of carbonyl (C=O) groups is 2. The highest BCUT2D eigenvalue weighted by molar-refractivity contribution is 5.87. The number of alkyl carbamates (subject to hydrolysis) is 1. The lowest BCUT2D eigenvalue weighted by Gasteiger charge is -2.38. The van der Waals surface area contributed by atoms with E-state index in [9.17, 15) is 9.59 Å². The van der Waals surface area contributed by atoms with Crippen LogP contribution in [-0.2, 0) is 9.53 Å². The summed E-state index contributed by atoms with van der Waals surface area (Å²) in [5, 5.41) is 2.65. The van der Waals surface area contributed by atoms with Gasteiger partial charge in [-0.15, -0.1) is 0 Å². The van der Waals surface area contributed by atoms with Gasteiger partial charge in [0.1, 0.15) is 6.04 Å². The lowest BCUT2D eigenvalue weighted by Crippen LogP contribution is -2.56. The minimum absolute atomic E-state index is 0.0181. The van der Waals surface area contributed by atoms with Crippen molar-refractivity contribution in [2.24, 2.45) is 5.92 Å². The molecule has 110 valence electrons. The zero-order chi connectivity index (χ0) is 14.8. The molecule has 0 bridgehead atoms. The van der Waals surface area contributed by atoms with E-state index in [1.165, 1.54) is 7.11 Å². The van der Waals surface area contributed by atoms with Crippen LogP contribution in [-0.4, -0.2) is 41.6 Å². The summed E-state index contributed by atoms with van der Waals surface area (Å²) in [6.45, 7) is 10.1. The van der Waals surface area contributed by atoms with Gasteiger partial charge in [0.05, 0.1) is 7.11 Å². The van der Waals surface area contributed by atoms with E-state index in [4.69, 9.17) is 0 Å². The summed E-state index contributed by atoms with van der Waals surface area (Å²) in [6.07, 6.45) is 1.43. The van der Waals surface area contributed by atoms with Crippen LogP contribution >= 0.6 is 0 Å². The normalized spacial score (nSPS) is 23.3. The lowest BCUT2D eigenvalue weighted by molar-refractivity contribution is -0.139. The van der Waals surface area contributed by atoms with Crippen molar-refractivity contribution in [3.63, 3.8) is 0 Å². The summed E-state index contributed by atoms with van der Waals surface area (Å²) in [5.41, 5.74) is -0.151. The second kappa shape index (κ2) is 5.80. The monoisotopic (exact) mass is 270 g/mol. The third-order valence-electron chi connectivity index (χ3n) is 3.90. The molecular formula is C14H26N2O3. The van der Waals surface area contributed by atoms with Gasteiger partial charge in [-0.1, -0.05) is 13.8 Å². The van der Waals surface area contributed by atoms with Crippen LogP contribution in [0.15, 0.2) is 0 Å². The molecule has 0 unspecified atom stereocenters. The summed E-state index contributed by atoms with van der Waals surface area (Å²) in [6, 6.07) is -0.324. The molecule has 0 aromatic rings. The quantitative estimate of drug-likeness (QED) is 0.855. The minimum atomic E-state index is -0.559. The second-order valence-corrected chi connectivity index (χ2v) is 6.27.